The van der Waals surface area contributed by atoms with Gasteiger partial charge in [-0.2, -0.15) is 0 Å². The molecule has 1 aromatic heterocycles. The second-order valence-electron chi connectivity index (χ2n) is 4.79. The van der Waals surface area contributed by atoms with Crippen LogP contribution in [0.4, 0.5) is 11.6 Å². The molecule has 0 saturated heterocycles. The Balaban J connectivity index is 1.81. The molecule has 4 nitrogen and oxygen atoms in total. The highest BCUT2D eigenvalue weighted by atomic mass is 15.1. The van der Waals surface area contributed by atoms with Crippen molar-refractivity contribution in [3.05, 3.63) is 11.9 Å². The van der Waals surface area contributed by atoms with Gasteiger partial charge in [-0.25, -0.2) is 9.97 Å². The lowest BCUT2D eigenvalue weighted by Crippen LogP contribution is -2.27. The maximum atomic E-state index is 4.60. The lowest BCUT2D eigenvalue weighted by molar-refractivity contribution is 0.444. The normalized spacial score (nSPS) is 20.3. The zero-order valence-electron chi connectivity index (χ0n) is 9.66. The van der Waals surface area contributed by atoms with E-state index in [2.05, 4.69) is 20.6 Å². The molecule has 0 atom stereocenters. The second kappa shape index (κ2) is 3.92. The van der Waals surface area contributed by atoms with E-state index in [1.54, 1.807) is 0 Å². The van der Waals surface area contributed by atoms with Crippen molar-refractivity contribution in [3.8, 4) is 0 Å². The lowest BCUT2D eigenvalue weighted by atomic mass is 9.93. The van der Waals surface area contributed by atoms with Crippen molar-refractivity contribution in [1.82, 2.24) is 9.97 Å². The monoisotopic (exact) mass is 218 g/mol. The van der Waals surface area contributed by atoms with Crippen LogP contribution in [0.25, 0.3) is 0 Å². The number of nitrogens with zero attached hydrogens (tertiary/aromatic N) is 2. The summed E-state index contributed by atoms with van der Waals surface area (Å²) in [7, 11) is 1.91. The zero-order valence-corrected chi connectivity index (χ0v) is 9.66. The number of nitrogens with one attached hydrogen (secondary N) is 2. The first-order valence-corrected chi connectivity index (χ1v) is 6.18. The van der Waals surface area contributed by atoms with Gasteiger partial charge in [0.1, 0.15) is 17.5 Å². The fourth-order valence-electron chi connectivity index (χ4n) is 1.95. The molecule has 3 rings (SSSR count). The molecule has 2 aliphatic rings. The molecule has 2 fully saturated rings. The number of hydrogen-bond acceptors (Lipinski definition) is 4. The predicted molar refractivity (Wildman–Crippen MR) is 64.8 cm³/mol. The third kappa shape index (κ3) is 1.96. The van der Waals surface area contributed by atoms with Gasteiger partial charge in [-0.15, -0.1) is 0 Å². The van der Waals surface area contributed by atoms with Crippen molar-refractivity contribution in [2.24, 2.45) is 0 Å². The molecule has 0 amide bonds. The van der Waals surface area contributed by atoms with Gasteiger partial charge in [0.15, 0.2) is 0 Å². The van der Waals surface area contributed by atoms with E-state index >= 15 is 0 Å². The minimum atomic E-state index is 0.607. The first-order chi connectivity index (χ1) is 7.85. The smallest absolute Gasteiger partial charge is 0.136 e. The topological polar surface area (TPSA) is 49.8 Å². The van der Waals surface area contributed by atoms with Crippen molar-refractivity contribution >= 4 is 11.6 Å². The van der Waals surface area contributed by atoms with Crippen molar-refractivity contribution in [1.29, 1.82) is 0 Å². The maximum absolute atomic E-state index is 4.60. The summed E-state index contributed by atoms with van der Waals surface area (Å²) in [4.78, 5) is 9.11. The Morgan fingerprint density at radius 2 is 1.88 bits per heavy atom. The van der Waals surface area contributed by atoms with Crippen LogP contribution < -0.4 is 10.6 Å². The first kappa shape index (κ1) is 9.87. The van der Waals surface area contributed by atoms with Crippen molar-refractivity contribution < 1.29 is 0 Å². The Bertz CT molecular complexity index is 383. The fourth-order valence-corrected chi connectivity index (χ4v) is 1.95. The highest BCUT2D eigenvalue weighted by Gasteiger charge is 2.27. The summed E-state index contributed by atoms with van der Waals surface area (Å²) < 4.78 is 0. The molecule has 1 aromatic rings. The van der Waals surface area contributed by atoms with Crippen LogP contribution in [-0.4, -0.2) is 23.1 Å². The average molecular weight is 218 g/mol. The van der Waals surface area contributed by atoms with E-state index in [9.17, 15) is 0 Å². The Morgan fingerprint density at radius 1 is 1.12 bits per heavy atom. The van der Waals surface area contributed by atoms with Crippen LogP contribution in [0.1, 0.15) is 43.8 Å². The molecule has 0 aliphatic heterocycles. The molecule has 4 heteroatoms. The molecule has 1 heterocycles. The van der Waals surface area contributed by atoms with Gasteiger partial charge in [-0.1, -0.05) is 0 Å². The van der Waals surface area contributed by atoms with E-state index < -0.39 is 0 Å². The molecule has 0 bridgehead atoms. The largest absolute Gasteiger partial charge is 0.373 e. The fraction of sp³-hybridized carbons (Fsp3) is 0.667. The zero-order chi connectivity index (χ0) is 11.0. The Labute approximate surface area is 95.9 Å². The summed E-state index contributed by atoms with van der Waals surface area (Å²) >= 11 is 0. The van der Waals surface area contributed by atoms with E-state index in [4.69, 9.17) is 0 Å². The summed E-state index contributed by atoms with van der Waals surface area (Å²) in [6.07, 6.45) is 6.39. The molecule has 0 aromatic carbocycles. The second-order valence-corrected chi connectivity index (χ2v) is 4.79. The van der Waals surface area contributed by atoms with Gasteiger partial charge < -0.3 is 10.6 Å². The SMILES string of the molecule is CNc1cc(NC2CCC2)nc(C2CC2)n1. The highest BCUT2D eigenvalue weighted by Crippen LogP contribution is 2.39. The van der Waals surface area contributed by atoms with Gasteiger partial charge >= 0.3 is 0 Å². The van der Waals surface area contributed by atoms with E-state index in [1.165, 1.54) is 32.1 Å². The van der Waals surface area contributed by atoms with Gasteiger partial charge in [0.2, 0.25) is 0 Å². The summed E-state index contributed by atoms with van der Waals surface area (Å²) in [5.41, 5.74) is 0. The van der Waals surface area contributed by atoms with Crippen LogP contribution in [0, 0.1) is 0 Å². The molecule has 0 radical (unpaired) electrons. The first-order valence-electron chi connectivity index (χ1n) is 6.18. The van der Waals surface area contributed by atoms with Gasteiger partial charge in [0.05, 0.1) is 0 Å². The van der Waals surface area contributed by atoms with Gasteiger partial charge in [-0.05, 0) is 32.1 Å². The molecule has 86 valence electrons. The summed E-state index contributed by atoms with van der Waals surface area (Å²) in [6, 6.07) is 2.64. The highest BCUT2D eigenvalue weighted by molar-refractivity contribution is 5.48. The van der Waals surface area contributed by atoms with Crippen molar-refractivity contribution in [2.45, 2.75) is 44.1 Å². The van der Waals surface area contributed by atoms with Crippen LogP contribution in [0.2, 0.25) is 0 Å². The molecule has 0 spiro atoms. The van der Waals surface area contributed by atoms with Gasteiger partial charge in [-0.3, -0.25) is 0 Å². The summed E-state index contributed by atoms with van der Waals surface area (Å²) in [5, 5.41) is 6.59. The Kier molecular flexibility index (Phi) is 2.42. The van der Waals surface area contributed by atoms with Crippen LogP contribution in [0.15, 0.2) is 6.07 Å². The molecular weight excluding hydrogens is 200 g/mol. The third-order valence-corrected chi connectivity index (χ3v) is 3.40. The Morgan fingerprint density at radius 3 is 2.44 bits per heavy atom. The average Bonchev–Trinajstić information content (AvgIpc) is 3.07. The standard InChI is InChI=1S/C12H18N4/c1-13-10-7-11(14-9-3-2-4-9)16-12(15-10)8-5-6-8/h7-9H,2-6H2,1H3,(H2,13,14,15,16). The number of aromatic nitrogens is 2. The van der Waals surface area contributed by atoms with Crippen molar-refractivity contribution in [2.75, 3.05) is 17.7 Å². The molecule has 2 aliphatic carbocycles. The quantitative estimate of drug-likeness (QED) is 0.814. The molecule has 16 heavy (non-hydrogen) atoms. The van der Waals surface area contributed by atoms with Gasteiger partial charge in [0.25, 0.3) is 0 Å². The van der Waals surface area contributed by atoms with E-state index in [0.717, 1.165) is 17.5 Å². The van der Waals surface area contributed by atoms with Crippen LogP contribution in [0.5, 0.6) is 0 Å². The van der Waals surface area contributed by atoms with E-state index in [0.29, 0.717) is 12.0 Å². The van der Waals surface area contributed by atoms with Crippen LogP contribution in [-0.2, 0) is 0 Å². The van der Waals surface area contributed by atoms with Crippen LogP contribution in [0.3, 0.4) is 0 Å². The number of anilines is 2. The summed E-state index contributed by atoms with van der Waals surface area (Å²) in [6.45, 7) is 0. The van der Waals surface area contributed by atoms with E-state index in [-0.39, 0.29) is 0 Å². The third-order valence-electron chi connectivity index (χ3n) is 3.40. The minimum Gasteiger partial charge on any atom is -0.373 e. The maximum Gasteiger partial charge on any atom is 0.136 e. The molecule has 0 unspecified atom stereocenters. The minimum absolute atomic E-state index is 0.607. The summed E-state index contributed by atoms with van der Waals surface area (Å²) in [5.74, 6) is 3.54. The van der Waals surface area contributed by atoms with Crippen molar-refractivity contribution in [3.63, 3.8) is 0 Å². The number of rotatable bonds is 4. The predicted octanol–water partition coefficient (Wildman–Crippen LogP) is 2.36. The number of hydrogen-bond donors (Lipinski definition) is 2. The molecule has 2 saturated carbocycles. The van der Waals surface area contributed by atoms with E-state index in [1.807, 2.05) is 13.1 Å². The molecule has 2 N–H and O–H groups in total. The van der Waals surface area contributed by atoms with Crippen LogP contribution >= 0.6 is 0 Å². The Hall–Kier alpha value is -1.32. The van der Waals surface area contributed by atoms with Gasteiger partial charge in [0, 0.05) is 25.1 Å². The molecular formula is C12H18N4. The lowest BCUT2D eigenvalue weighted by Gasteiger charge is -2.27.